The summed E-state index contributed by atoms with van der Waals surface area (Å²) in [6, 6.07) is 0. The molecule has 0 aromatic carbocycles. The molecule has 1 aliphatic heterocycles. The summed E-state index contributed by atoms with van der Waals surface area (Å²) in [7, 11) is 0. The van der Waals surface area contributed by atoms with Crippen molar-refractivity contribution in [3.63, 3.8) is 0 Å². The van der Waals surface area contributed by atoms with Gasteiger partial charge in [0.15, 0.2) is 12.0 Å². The zero-order chi connectivity index (χ0) is 7.52. The minimum absolute atomic E-state index is 0.771. The molecule has 59 valence electrons. The van der Waals surface area contributed by atoms with Crippen molar-refractivity contribution in [1.82, 2.24) is 15.4 Å². The first-order chi connectivity index (χ1) is 5.47. The van der Waals surface area contributed by atoms with E-state index in [1.165, 1.54) is 0 Å². The van der Waals surface area contributed by atoms with Crippen LogP contribution in [0.3, 0.4) is 0 Å². The first-order valence-electron chi connectivity index (χ1n) is 3.58. The minimum Gasteiger partial charge on any atom is -0.378 e. The molecule has 0 spiro atoms. The molecule has 0 saturated carbocycles. The summed E-state index contributed by atoms with van der Waals surface area (Å²) < 4.78 is 5.19. The second kappa shape index (κ2) is 2.87. The summed E-state index contributed by atoms with van der Waals surface area (Å²) in [5.41, 5.74) is 0. The van der Waals surface area contributed by atoms with Crippen molar-refractivity contribution in [2.75, 3.05) is 31.2 Å². The predicted molar refractivity (Wildman–Crippen MR) is 38.3 cm³/mol. The van der Waals surface area contributed by atoms with Gasteiger partial charge in [0.2, 0.25) is 0 Å². The van der Waals surface area contributed by atoms with E-state index in [1.807, 2.05) is 0 Å². The van der Waals surface area contributed by atoms with E-state index in [-0.39, 0.29) is 0 Å². The number of hydrogen-bond acceptors (Lipinski definition) is 4. The fraction of sp³-hybridized carbons (Fsp3) is 0.667. The molecule has 1 aliphatic rings. The highest BCUT2D eigenvalue weighted by atomic mass is 16.5. The molecule has 0 amide bonds. The Morgan fingerprint density at radius 2 is 2.27 bits per heavy atom. The third kappa shape index (κ3) is 1.32. The molecular formula is C6H9N4O. The maximum absolute atomic E-state index is 5.19. The standard InChI is InChI=1S/C6H9N4O/c1-3-11-4-2-10(1)6-5-7-9-8-6/h1-4H2,(H,7,8,9). The number of H-pyrrole nitrogens is 1. The summed E-state index contributed by atoms with van der Waals surface area (Å²) in [6.07, 6.45) is 2.76. The van der Waals surface area contributed by atoms with Crippen LogP contribution < -0.4 is 4.90 Å². The number of morpholine rings is 1. The summed E-state index contributed by atoms with van der Waals surface area (Å²) >= 11 is 0. The second-order valence-electron chi connectivity index (χ2n) is 2.37. The van der Waals surface area contributed by atoms with Gasteiger partial charge in [-0.25, -0.2) is 5.10 Å². The molecule has 0 aliphatic carbocycles. The van der Waals surface area contributed by atoms with E-state index in [9.17, 15) is 0 Å². The maximum atomic E-state index is 5.19. The van der Waals surface area contributed by atoms with Crippen LogP contribution in [0.15, 0.2) is 0 Å². The summed E-state index contributed by atoms with van der Waals surface area (Å²) in [4.78, 5) is 2.11. The van der Waals surface area contributed by atoms with Gasteiger partial charge in [0.05, 0.1) is 13.2 Å². The van der Waals surface area contributed by atoms with Gasteiger partial charge in [0.1, 0.15) is 0 Å². The van der Waals surface area contributed by atoms with E-state index in [0.717, 1.165) is 32.1 Å². The quantitative estimate of drug-likeness (QED) is 0.587. The SMILES string of the molecule is [c]1nn[nH]c1N1CCOCC1. The fourth-order valence-corrected chi connectivity index (χ4v) is 1.10. The third-order valence-corrected chi connectivity index (χ3v) is 1.69. The minimum atomic E-state index is 0.771. The first kappa shape index (κ1) is 6.60. The average molecular weight is 153 g/mol. The first-order valence-corrected chi connectivity index (χ1v) is 3.58. The van der Waals surface area contributed by atoms with Gasteiger partial charge in [-0.15, -0.1) is 5.10 Å². The van der Waals surface area contributed by atoms with Gasteiger partial charge in [0.25, 0.3) is 0 Å². The molecule has 1 aromatic rings. The Labute approximate surface area is 64.3 Å². The molecule has 1 saturated heterocycles. The number of nitrogens with zero attached hydrogens (tertiary/aromatic N) is 3. The largest absolute Gasteiger partial charge is 0.378 e. The molecule has 5 nitrogen and oxygen atoms in total. The van der Waals surface area contributed by atoms with Crippen LogP contribution in [0.4, 0.5) is 5.82 Å². The molecule has 2 heterocycles. The molecule has 0 bridgehead atoms. The van der Waals surface area contributed by atoms with Crippen LogP contribution in [-0.4, -0.2) is 41.7 Å². The van der Waals surface area contributed by atoms with E-state index in [4.69, 9.17) is 4.74 Å². The molecule has 0 atom stereocenters. The number of ether oxygens (including phenoxy) is 1. The molecule has 11 heavy (non-hydrogen) atoms. The Bertz CT molecular complexity index is 204. The van der Waals surface area contributed by atoms with Gasteiger partial charge in [0, 0.05) is 13.1 Å². The zero-order valence-corrected chi connectivity index (χ0v) is 6.08. The number of nitrogens with one attached hydrogen (secondary N) is 1. The smallest absolute Gasteiger partial charge is 0.161 e. The van der Waals surface area contributed by atoms with Crippen LogP contribution >= 0.6 is 0 Å². The van der Waals surface area contributed by atoms with Crippen molar-refractivity contribution in [2.45, 2.75) is 0 Å². The topological polar surface area (TPSA) is 54.0 Å². The van der Waals surface area contributed by atoms with Crippen LogP contribution in [0, 0.1) is 6.20 Å². The number of aromatic amines is 1. The number of hydrogen-bond donors (Lipinski definition) is 1. The lowest BCUT2D eigenvalue weighted by molar-refractivity contribution is 0.122. The number of aromatic nitrogens is 3. The molecule has 0 unspecified atom stereocenters. The lowest BCUT2D eigenvalue weighted by atomic mass is 10.4. The number of anilines is 1. The Morgan fingerprint density at radius 3 is 2.91 bits per heavy atom. The maximum Gasteiger partial charge on any atom is 0.161 e. The van der Waals surface area contributed by atoms with E-state index >= 15 is 0 Å². The highest BCUT2D eigenvalue weighted by molar-refractivity contribution is 5.32. The summed E-state index contributed by atoms with van der Waals surface area (Å²) in [5, 5.41) is 9.93. The van der Waals surface area contributed by atoms with Crippen LogP contribution in [0.5, 0.6) is 0 Å². The average Bonchev–Trinajstić information content (AvgIpc) is 2.58. The molecule has 1 radical (unpaired) electrons. The molecule has 1 aromatic heterocycles. The van der Waals surface area contributed by atoms with Crippen molar-refractivity contribution < 1.29 is 4.74 Å². The molecule has 1 fully saturated rings. The van der Waals surface area contributed by atoms with Crippen molar-refractivity contribution in [3.8, 4) is 0 Å². The second-order valence-corrected chi connectivity index (χ2v) is 2.37. The van der Waals surface area contributed by atoms with E-state index < -0.39 is 0 Å². The third-order valence-electron chi connectivity index (χ3n) is 1.69. The normalized spacial score (nSPS) is 18.7. The lowest BCUT2D eigenvalue weighted by Crippen LogP contribution is -2.36. The zero-order valence-electron chi connectivity index (χ0n) is 6.08. The van der Waals surface area contributed by atoms with Crippen molar-refractivity contribution in [3.05, 3.63) is 6.20 Å². The Balaban J connectivity index is 2.04. The molecule has 5 heteroatoms. The Hall–Kier alpha value is -1.10. The highest BCUT2D eigenvalue weighted by Crippen LogP contribution is 2.07. The van der Waals surface area contributed by atoms with Gasteiger partial charge in [-0.2, -0.15) is 0 Å². The molecule has 2 rings (SSSR count). The van der Waals surface area contributed by atoms with Crippen LogP contribution in [-0.2, 0) is 4.74 Å². The monoisotopic (exact) mass is 153 g/mol. The van der Waals surface area contributed by atoms with Crippen molar-refractivity contribution in [1.29, 1.82) is 0 Å². The van der Waals surface area contributed by atoms with Crippen molar-refractivity contribution in [2.24, 2.45) is 0 Å². The van der Waals surface area contributed by atoms with Crippen molar-refractivity contribution >= 4 is 5.82 Å². The van der Waals surface area contributed by atoms with E-state index in [0.29, 0.717) is 0 Å². The summed E-state index contributed by atoms with van der Waals surface area (Å²) in [6.45, 7) is 3.32. The van der Waals surface area contributed by atoms with E-state index in [1.54, 1.807) is 0 Å². The van der Waals surface area contributed by atoms with Crippen LogP contribution in [0.25, 0.3) is 0 Å². The highest BCUT2D eigenvalue weighted by Gasteiger charge is 2.12. The predicted octanol–water partition coefficient (Wildman–Crippen LogP) is -0.559. The Kier molecular flexibility index (Phi) is 1.72. The van der Waals surface area contributed by atoms with Crippen LogP contribution in [0.1, 0.15) is 0 Å². The summed E-state index contributed by atoms with van der Waals surface area (Å²) in [5.74, 6) is 0.855. The van der Waals surface area contributed by atoms with Gasteiger partial charge in [-0.05, 0) is 0 Å². The Morgan fingerprint density at radius 1 is 1.45 bits per heavy atom. The van der Waals surface area contributed by atoms with Gasteiger partial charge >= 0.3 is 0 Å². The van der Waals surface area contributed by atoms with Gasteiger partial charge < -0.3 is 9.64 Å². The molecular weight excluding hydrogens is 144 g/mol. The van der Waals surface area contributed by atoms with Gasteiger partial charge in [-0.3, -0.25) is 0 Å². The number of rotatable bonds is 1. The van der Waals surface area contributed by atoms with Gasteiger partial charge in [-0.1, -0.05) is 5.21 Å². The molecule has 1 N–H and O–H groups in total. The van der Waals surface area contributed by atoms with Crippen LogP contribution in [0.2, 0.25) is 0 Å². The van der Waals surface area contributed by atoms with E-state index in [2.05, 4.69) is 26.5 Å². The lowest BCUT2D eigenvalue weighted by Gasteiger charge is -2.26. The fourth-order valence-electron chi connectivity index (χ4n) is 1.10.